The van der Waals surface area contributed by atoms with Crippen LogP contribution in [0, 0.1) is 5.82 Å². The molecule has 0 spiro atoms. The lowest BCUT2D eigenvalue weighted by molar-refractivity contribution is -0.159. The van der Waals surface area contributed by atoms with Gasteiger partial charge in [-0.15, -0.1) is 0 Å². The van der Waals surface area contributed by atoms with Crippen LogP contribution in [-0.4, -0.2) is 38.8 Å². The summed E-state index contributed by atoms with van der Waals surface area (Å²) in [5.74, 6) is -4.70. The molecule has 0 bridgehead atoms. The predicted octanol–water partition coefficient (Wildman–Crippen LogP) is 1.86. The number of carbonyl (C=O) groups is 3. The van der Waals surface area contributed by atoms with E-state index in [0.29, 0.717) is 19.4 Å². The zero-order valence-corrected chi connectivity index (χ0v) is 13.0. The van der Waals surface area contributed by atoms with Crippen molar-refractivity contribution in [3.63, 3.8) is 0 Å². The highest BCUT2D eigenvalue weighted by Gasteiger charge is 2.38. The molecule has 1 aliphatic rings. The zero-order valence-electron chi connectivity index (χ0n) is 13.0. The van der Waals surface area contributed by atoms with Crippen molar-refractivity contribution in [3.8, 4) is 0 Å². The molecule has 0 radical (unpaired) electrons. The summed E-state index contributed by atoms with van der Waals surface area (Å²) in [6.07, 6.45) is 4.34. The third-order valence-electron chi connectivity index (χ3n) is 3.84. The summed E-state index contributed by atoms with van der Waals surface area (Å²) < 4.78 is 12.8. The minimum Gasteiger partial charge on any atom is -0.480 e. The molecule has 0 unspecified atom stereocenters. The highest BCUT2D eigenvalue weighted by atomic mass is 19.1. The van der Waals surface area contributed by atoms with Gasteiger partial charge in [0.25, 0.3) is 0 Å². The summed E-state index contributed by atoms with van der Waals surface area (Å²) in [6, 6.07) is 6.15. The van der Waals surface area contributed by atoms with Crippen LogP contribution in [0.15, 0.2) is 24.3 Å². The fraction of sp³-hybridized carbons (Fsp3) is 0.438. The smallest absolute Gasteiger partial charge is 0.414 e. The monoisotopic (exact) mass is 341 g/mol. The van der Waals surface area contributed by atoms with Gasteiger partial charge in [-0.1, -0.05) is 31.4 Å². The maximum Gasteiger partial charge on any atom is 0.414 e. The summed E-state index contributed by atoms with van der Waals surface area (Å²) in [4.78, 5) is 29.6. The fourth-order valence-corrected chi connectivity index (χ4v) is 2.50. The molecule has 4 N–H and O–H groups in total. The summed E-state index contributed by atoms with van der Waals surface area (Å²) in [5, 5.41) is 27.3. The van der Waals surface area contributed by atoms with Gasteiger partial charge in [0.2, 0.25) is 0 Å². The van der Waals surface area contributed by atoms with E-state index in [1.807, 2.05) is 0 Å². The molecule has 0 amide bonds. The van der Waals surface area contributed by atoms with E-state index in [0.717, 1.165) is 24.8 Å². The second-order valence-electron chi connectivity index (χ2n) is 5.54. The number of rotatable bonds is 4. The van der Waals surface area contributed by atoms with Crippen molar-refractivity contribution in [3.05, 3.63) is 35.6 Å². The number of carboxylic acid groups (broad SMARTS) is 3. The van der Waals surface area contributed by atoms with Crippen LogP contribution in [0.25, 0.3) is 0 Å². The van der Waals surface area contributed by atoms with Gasteiger partial charge in [0.1, 0.15) is 11.4 Å². The topological polar surface area (TPSA) is 124 Å². The Bertz CT molecular complexity index is 569. The highest BCUT2D eigenvalue weighted by molar-refractivity contribution is 6.27. The van der Waals surface area contributed by atoms with Crippen molar-refractivity contribution in [1.82, 2.24) is 5.32 Å². The van der Waals surface area contributed by atoms with Gasteiger partial charge in [0.15, 0.2) is 0 Å². The lowest BCUT2D eigenvalue weighted by Gasteiger charge is -2.34. The minimum absolute atomic E-state index is 0.274. The Morgan fingerprint density at radius 3 is 1.88 bits per heavy atom. The molecule has 7 nitrogen and oxygen atoms in total. The fourth-order valence-electron chi connectivity index (χ4n) is 2.50. The van der Waals surface area contributed by atoms with Crippen LogP contribution < -0.4 is 5.32 Å². The number of hydrogen-bond donors (Lipinski definition) is 4. The number of halogens is 1. The van der Waals surface area contributed by atoms with Crippen LogP contribution in [0.2, 0.25) is 0 Å². The average Bonchev–Trinajstić information content (AvgIpc) is 2.55. The Hall–Kier alpha value is -2.48. The molecule has 1 saturated carbocycles. The standard InChI is InChI=1S/C14H18FNO2.C2H2O4/c15-12-6-4-11(5-7-12)10-16-14(13(17)18)8-2-1-3-9-14;3-1(4)2(5)6/h4-7,16H,1-3,8-10H2,(H,17,18);(H,3,4)(H,5,6). The van der Waals surface area contributed by atoms with Crippen molar-refractivity contribution < 1.29 is 34.1 Å². The number of aliphatic carboxylic acids is 3. The SMILES string of the molecule is O=C(O)C(=O)O.O=C(O)C1(NCc2ccc(F)cc2)CCCCC1. The van der Waals surface area contributed by atoms with E-state index in [2.05, 4.69) is 5.32 Å². The molecule has 0 aliphatic heterocycles. The van der Waals surface area contributed by atoms with Crippen molar-refractivity contribution in [2.75, 3.05) is 0 Å². The minimum atomic E-state index is -1.82. The van der Waals surface area contributed by atoms with Gasteiger partial charge in [-0.05, 0) is 30.5 Å². The molecule has 0 aromatic heterocycles. The first-order valence-corrected chi connectivity index (χ1v) is 7.46. The van der Waals surface area contributed by atoms with E-state index in [-0.39, 0.29) is 5.82 Å². The second-order valence-corrected chi connectivity index (χ2v) is 5.54. The predicted molar refractivity (Wildman–Crippen MR) is 82.0 cm³/mol. The normalized spacial score (nSPS) is 15.7. The van der Waals surface area contributed by atoms with Crippen molar-refractivity contribution >= 4 is 17.9 Å². The summed E-state index contributed by atoms with van der Waals surface area (Å²) in [5.41, 5.74) is 0.106. The van der Waals surface area contributed by atoms with Crippen molar-refractivity contribution in [2.24, 2.45) is 0 Å². The third kappa shape index (κ3) is 5.96. The quantitative estimate of drug-likeness (QED) is 0.616. The zero-order chi connectivity index (χ0) is 18.2. The lowest BCUT2D eigenvalue weighted by Crippen LogP contribution is -2.52. The van der Waals surface area contributed by atoms with E-state index in [1.54, 1.807) is 12.1 Å². The summed E-state index contributed by atoms with van der Waals surface area (Å²) in [7, 11) is 0. The van der Waals surface area contributed by atoms with E-state index >= 15 is 0 Å². The number of benzene rings is 1. The first-order chi connectivity index (χ1) is 11.3. The van der Waals surface area contributed by atoms with Gasteiger partial charge in [0, 0.05) is 6.54 Å². The Morgan fingerprint density at radius 2 is 1.46 bits per heavy atom. The highest BCUT2D eigenvalue weighted by Crippen LogP contribution is 2.28. The van der Waals surface area contributed by atoms with Crippen LogP contribution in [0.5, 0.6) is 0 Å². The Morgan fingerprint density at radius 1 is 0.958 bits per heavy atom. The maximum atomic E-state index is 12.8. The molecule has 24 heavy (non-hydrogen) atoms. The molecule has 0 saturated heterocycles. The molecule has 132 valence electrons. The largest absolute Gasteiger partial charge is 0.480 e. The van der Waals surface area contributed by atoms with Gasteiger partial charge in [-0.25, -0.2) is 14.0 Å². The number of carboxylic acids is 3. The molecule has 1 aromatic carbocycles. The van der Waals surface area contributed by atoms with E-state index in [1.165, 1.54) is 12.1 Å². The summed E-state index contributed by atoms with van der Waals surface area (Å²) in [6.45, 7) is 0.465. The molecule has 1 fully saturated rings. The van der Waals surface area contributed by atoms with Gasteiger partial charge in [0.05, 0.1) is 0 Å². The molecule has 1 aromatic rings. The Labute approximate surface area is 138 Å². The van der Waals surface area contributed by atoms with Gasteiger partial charge in [-0.2, -0.15) is 0 Å². The maximum absolute atomic E-state index is 12.8. The van der Waals surface area contributed by atoms with Gasteiger partial charge >= 0.3 is 17.9 Å². The molecule has 0 heterocycles. The van der Waals surface area contributed by atoms with Crippen LogP contribution >= 0.6 is 0 Å². The molecular formula is C16H20FNO6. The molecule has 8 heteroatoms. The second kappa shape index (κ2) is 8.97. The average molecular weight is 341 g/mol. The van der Waals surface area contributed by atoms with Crippen molar-refractivity contribution in [2.45, 2.75) is 44.2 Å². The molecule has 0 atom stereocenters. The van der Waals surface area contributed by atoms with Gasteiger partial charge in [-0.3, -0.25) is 10.1 Å². The van der Waals surface area contributed by atoms with Crippen LogP contribution in [-0.2, 0) is 20.9 Å². The summed E-state index contributed by atoms with van der Waals surface area (Å²) >= 11 is 0. The lowest BCUT2D eigenvalue weighted by atomic mass is 9.81. The van der Waals surface area contributed by atoms with E-state index < -0.39 is 23.4 Å². The van der Waals surface area contributed by atoms with Crippen LogP contribution in [0.1, 0.15) is 37.7 Å². The number of hydrogen-bond acceptors (Lipinski definition) is 4. The molecule has 1 aliphatic carbocycles. The molecular weight excluding hydrogens is 321 g/mol. The first kappa shape index (κ1) is 19.6. The van der Waals surface area contributed by atoms with Crippen LogP contribution in [0.3, 0.4) is 0 Å². The molecule has 2 rings (SSSR count). The van der Waals surface area contributed by atoms with E-state index in [4.69, 9.17) is 19.8 Å². The van der Waals surface area contributed by atoms with Crippen molar-refractivity contribution in [1.29, 1.82) is 0 Å². The first-order valence-electron chi connectivity index (χ1n) is 7.46. The number of nitrogens with one attached hydrogen (secondary N) is 1. The van der Waals surface area contributed by atoms with Crippen LogP contribution in [0.4, 0.5) is 4.39 Å². The Kier molecular flexibility index (Phi) is 7.31. The Balaban J connectivity index is 0.000000413. The third-order valence-corrected chi connectivity index (χ3v) is 3.84. The van der Waals surface area contributed by atoms with E-state index in [9.17, 15) is 14.3 Å². The van der Waals surface area contributed by atoms with Gasteiger partial charge < -0.3 is 15.3 Å².